The first-order valence-electron chi connectivity index (χ1n) is 11.4. The summed E-state index contributed by atoms with van der Waals surface area (Å²) in [6.45, 7) is 2.28. The number of amides is 1. The molecule has 0 bridgehead atoms. The van der Waals surface area contributed by atoms with Crippen molar-refractivity contribution in [1.82, 2.24) is 14.5 Å². The van der Waals surface area contributed by atoms with Crippen molar-refractivity contribution in [3.8, 4) is 11.5 Å². The number of carbonyl (C=O) groups excluding carboxylic acids is 1. The minimum absolute atomic E-state index is 0.0223. The number of ether oxygens (including phenoxy) is 3. The van der Waals surface area contributed by atoms with Crippen LogP contribution in [0.15, 0.2) is 48.5 Å². The van der Waals surface area contributed by atoms with Gasteiger partial charge in [-0.15, -0.1) is 0 Å². The summed E-state index contributed by atoms with van der Waals surface area (Å²) in [5, 5.41) is 0. The summed E-state index contributed by atoms with van der Waals surface area (Å²) in [5.41, 5.74) is 2.18. The fourth-order valence-electron chi connectivity index (χ4n) is 4.74. The molecular weight excluding hydrogens is 406 g/mol. The van der Waals surface area contributed by atoms with Gasteiger partial charge < -0.3 is 23.7 Å². The van der Waals surface area contributed by atoms with Crippen LogP contribution in [0.4, 0.5) is 0 Å². The molecule has 0 radical (unpaired) electrons. The highest BCUT2D eigenvalue weighted by molar-refractivity contribution is 5.78. The van der Waals surface area contributed by atoms with Gasteiger partial charge in [-0.25, -0.2) is 4.98 Å². The highest BCUT2D eigenvalue weighted by Crippen LogP contribution is 2.35. The van der Waals surface area contributed by atoms with Gasteiger partial charge in [-0.1, -0.05) is 12.1 Å². The van der Waals surface area contributed by atoms with Crippen LogP contribution < -0.4 is 9.47 Å². The predicted octanol–water partition coefficient (Wildman–Crippen LogP) is 4.14. The smallest absolute Gasteiger partial charge is 0.260 e. The Labute approximate surface area is 187 Å². The summed E-state index contributed by atoms with van der Waals surface area (Å²) >= 11 is 0. The van der Waals surface area contributed by atoms with Crippen LogP contribution in [0.1, 0.15) is 43.7 Å². The number of carbonyl (C=O) groups is 1. The molecule has 2 fully saturated rings. The first kappa shape index (κ1) is 20.8. The molecule has 0 spiro atoms. The SMILES string of the molecule is COc1ccc(OCC(=O)N2CCC(n3c(C4CCCO4)nc4ccccc43)CC2)cc1. The third kappa shape index (κ3) is 4.17. The fourth-order valence-corrected chi connectivity index (χ4v) is 4.74. The van der Waals surface area contributed by atoms with Crippen molar-refractivity contribution >= 4 is 16.9 Å². The molecule has 1 atom stereocenters. The maximum atomic E-state index is 12.7. The minimum atomic E-state index is 0.0223. The normalized spacial score (nSPS) is 19.4. The van der Waals surface area contributed by atoms with Crippen LogP contribution in [0, 0.1) is 0 Å². The Balaban J connectivity index is 1.24. The lowest BCUT2D eigenvalue weighted by atomic mass is 10.0. The summed E-state index contributed by atoms with van der Waals surface area (Å²) < 4.78 is 19.2. The van der Waals surface area contributed by atoms with Crippen molar-refractivity contribution in [2.24, 2.45) is 0 Å². The number of aromatic nitrogens is 2. The first-order valence-corrected chi connectivity index (χ1v) is 11.4. The van der Waals surface area contributed by atoms with Crippen LogP contribution in [0.3, 0.4) is 0 Å². The summed E-state index contributed by atoms with van der Waals surface area (Å²) in [7, 11) is 1.62. The van der Waals surface area contributed by atoms with Crippen molar-refractivity contribution < 1.29 is 19.0 Å². The van der Waals surface area contributed by atoms with Gasteiger partial charge in [0.25, 0.3) is 5.91 Å². The zero-order chi connectivity index (χ0) is 21.9. The molecule has 32 heavy (non-hydrogen) atoms. The van der Waals surface area contributed by atoms with Gasteiger partial charge in [0.05, 0.1) is 18.1 Å². The zero-order valence-electron chi connectivity index (χ0n) is 18.4. The van der Waals surface area contributed by atoms with E-state index in [0.717, 1.165) is 54.9 Å². The summed E-state index contributed by atoms with van der Waals surface area (Å²) in [5.74, 6) is 2.49. The number of imidazole rings is 1. The Morgan fingerprint density at radius 2 is 1.81 bits per heavy atom. The van der Waals surface area contributed by atoms with Crippen molar-refractivity contribution in [3.05, 3.63) is 54.4 Å². The van der Waals surface area contributed by atoms with Crippen molar-refractivity contribution in [2.75, 3.05) is 33.4 Å². The molecule has 1 unspecified atom stereocenters. The molecule has 3 aromatic rings. The molecule has 7 heteroatoms. The van der Waals surface area contributed by atoms with Gasteiger partial charge in [0, 0.05) is 25.7 Å². The van der Waals surface area contributed by atoms with E-state index in [9.17, 15) is 4.79 Å². The monoisotopic (exact) mass is 435 g/mol. The number of piperidine rings is 1. The number of benzene rings is 2. The van der Waals surface area contributed by atoms with Gasteiger partial charge in [-0.05, 0) is 62.1 Å². The largest absolute Gasteiger partial charge is 0.497 e. The number of fused-ring (bicyclic) bond motifs is 1. The van der Waals surface area contributed by atoms with Crippen LogP contribution >= 0.6 is 0 Å². The number of para-hydroxylation sites is 2. The van der Waals surface area contributed by atoms with E-state index in [1.165, 1.54) is 0 Å². The second kappa shape index (κ2) is 9.20. The van der Waals surface area contributed by atoms with Crippen molar-refractivity contribution in [1.29, 1.82) is 0 Å². The Kier molecular flexibility index (Phi) is 5.99. The molecule has 0 aliphatic carbocycles. The van der Waals surface area contributed by atoms with E-state index < -0.39 is 0 Å². The molecular formula is C25H29N3O4. The summed E-state index contributed by atoms with van der Waals surface area (Å²) in [4.78, 5) is 19.5. The molecule has 1 aromatic heterocycles. The maximum absolute atomic E-state index is 12.7. The van der Waals surface area contributed by atoms with E-state index in [4.69, 9.17) is 19.2 Å². The third-order valence-electron chi connectivity index (χ3n) is 6.44. The van der Waals surface area contributed by atoms with Gasteiger partial charge in [0.2, 0.25) is 0 Å². The van der Waals surface area contributed by atoms with Crippen LogP contribution in [-0.2, 0) is 9.53 Å². The number of methoxy groups -OCH3 is 1. The van der Waals surface area contributed by atoms with E-state index in [-0.39, 0.29) is 18.6 Å². The lowest BCUT2D eigenvalue weighted by molar-refractivity contribution is -0.134. The molecule has 2 saturated heterocycles. The molecule has 2 aliphatic rings. The Morgan fingerprint density at radius 3 is 2.53 bits per heavy atom. The van der Waals surface area contributed by atoms with Crippen LogP contribution in [0.5, 0.6) is 11.5 Å². The number of rotatable bonds is 6. The molecule has 5 rings (SSSR count). The van der Waals surface area contributed by atoms with Crippen molar-refractivity contribution in [3.63, 3.8) is 0 Å². The standard InChI is InChI=1S/C25H29N3O4/c1-30-19-8-10-20(11-9-19)32-17-24(29)27-14-12-18(13-15-27)28-22-6-3-2-5-21(22)26-25(28)23-7-4-16-31-23/h2-3,5-6,8-11,18,23H,4,7,12-17H2,1H3. The average molecular weight is 436 g/mol. The molecule has 0 N–H and O–H groups in total. The second-order valence-electron chi connectivity index (χ2n) is 8.41. The highest BCUT2D eigenvalue weighted by atomic mass is 16.5. The van der Waals surface area contributed by atoms with Gasteiger partial charge in [-0.3, -0.25) is 4.79 Å². The Morgan fingerprint density at radius 1 is 1.06 bits per heavy atom. The minimum Gasteiger partial charge on any atom is -0.497 e. The van der Waals surface area contributed by atoms with Crippen LogP contribution in [0.2, 0.25) is 0 Å². The fraction of sp³-hybridized carbons (Fsp3) is 0.440. The van der Waals surface area contributed by atoms with E-state index in [1.807, 2.05) is 35.2 Å². The molecule has 7 nitrogen and oxygen atoms in total. The molecule has 3 heterocycles. The van der Waals surface area contributed by atoms with E-state index >= 15 is 0 Å². The first-order chi connectivity index (χ1) is 15.7. The number of nitrogens with zero attached hydrogens (tertiary/aromatic N) is 3. The molecule has 1 amide bonds. The predicted molar refractivity (Wildman–Crippen MR) is 121 cm³/mol. The lowest BCUT2D eigenvalue weighted by Crippen LogP contribution is -2.41. The average Bonchev–Trinajstić information content (AvgIpc) is 3.51. The van der Waals surface area contributed by atoms with Crippen molar-refractivity contribution in [2.45, 2.75) is 37.8 Å². The second-order valence-corrected chi connectivity index (χ2v) is 8.41. The van der Waals surface area contributed by atoms with Gasteiger partial charge >= 0.3 is 0 Å². The van der Waals surface area contributed by atoms with Crippen LogP contribution in [0.25, 0.3) is 11.0 Å². The summed E-state index contributed by atoms with van der Waals surface area (Å²) in [6, 6.07) is 15.9. The molecule has 168 valence electrons. The number of likely N-dealkylation sites (tertiary alicyclic amines) is 1. The number of hydrogen-bond acceptors (Lipinski definition) is 5. The Hall–Kier alpha value is -3.06. The molecule has 0 saturated carbocycles. The molecule has 2 aromatic carbocycles. The maximum Gasteiger partial charge on any atom is 0.260 e. The lowest BCUT2D eigenvalue weighted by Gasteiger charge is -2.34. The quantitative estimate of drug-likeness (QED) is 0.582. The van der Waals surface area contributed by atoms with Gasteiger partial charge in [-0.2, -0.15) is 0 Å². The molecule has 2 aliphatic heterocycles. The van der Waals surface area contributed by atoms with E-state index in [0.29, 0.717) is 24.9 Å². The van der Waals surface area contributed by atoms with E-state index in [1.54, 1.807) is 7.11 Å². The van der Waals surface area contributed by atoms with Gasteiger partial charge in [0.1, 0.15) is 23.4 Å². The highest BCUT2D eigenvalue weighted by Gasteiger charge is 2.30. The third-order valence-corrected chi connectivity index (χ3v) is 6.44. The summed E-state index contributed by atoms with van der Waals surface area (Å²) in [6.07, 6.45) is 3.96. The number of hydrogen-bond donors (Lipinski definition) is 0. The van der Waals surface area contributed by atoms with Gasteiger partial charge in [0.15, 0.2) is 6.61 Å². The topological polar surface area (TPSA) is 65.8 Å². The zero-order valence-corrected chi connectivity index (χ0v) is 18.4. The van der Waals surface area contributed by atoms with Crippen LogP contribution in [-0.4, -0.2) is 53.8 Å². The van der Waals surface area contributed by atoms with E-state index in [2.05, 4.69) is 22.8 Å². The Bertz CT molecular complexity index is 1060.